The Balaban J connectivity index is 3.35. The quantitative estimate of drug-likeness (QED) is 0.0528. The van der Waals surface area contributed by atoms with Gasteiger partial charge in [-0.15, -0.1) is 0 Å². The van der Waals surface area contributed by atoms with Crippen molar-refractivity contribution >= 4 is 11.8 Å². The number of aliphatic hydroxyl groups is 2. The van der Waals surface area contributed by atoms with Crippen LogP contribution in [0.15, 0.2) is 0 Å². The molecule has 6 heteroatoms. The SMILES string of the molecule is CCCCCC[C@H](O)CCCCCCCCCCC(=O)NCCNC(=O)CCCCCCCCCC[C@@H](O)CCCCCC. The van der Waals surface area contributed by atoms with Gasteiger partial charge in [-0.1, -0.05) is 155 Å². The predicted octanol–water partition coefficient (Wildman–Crippen LogP) is 9.68. The van der Waals surface area contributed by atoms with Crippen molar-refractivity contribution in [3.8, 4) is 0 Å². The van der Waals surface area contributed by atoms with Crippen molar-refractivity contribution in [2.75, 3.05) is 13.1 Å². The van der Waals surface area contributed by atoms with E-state index in [2.05, 4.69) is 24.5 Å². The molecule has 0 aliphatic heterocycles. The zero-order valence-corrected chi connectivity index (χ0v) is 29.5. The topological polar surface area (TPSA) is 98.7 Å². The highest BCUT2D eigenvalue weighted by Crippen LogP contribution is 2.16. The Morgan fingerprint density at radius 2 is 0.659 bits per heavy atom. The molecule has 0 unspecified atom stereocenters. The number of aliphatic hydroxyl groups excluding tert-OH is 2. The van der Waals surface area contributed by atoms with Crippen LogP contribution in [0, 0.1) is 0 Å². The second kappa shape index (κ2) is 34.7. The minimum absolute atomic E-state index is 0.0890. The standard InChI is InChI=1S/C38H76N2O4/c1-3-5-7-21-27-35(41)29-23-17-13-9-11-15-19-25-31-37(43)39-33-34-40-38(44)32-26-20-16-12-10-14-18-24-30-36(42)28-22-8-6-4-2/h35-36,41-42H,3-34H2,1-2H3,(H,39,43)(H,40,44)/t35-,36-/m0/s1. The summed E-state index contributed by atoms with van der Waals surface area (Å²) in [6.45, 7) is 5.45. The van der Waals surface area contributed by atoms with Crippen LogP contribution >= 0.6 is 0 Å². The van der Waals surface area contributed by atoms with E-state index in [9.17, 15) is 19.8 Å². The summed E-state index contributed by atoms with van der Waals surface area (Å²) in [5, 5.41) is 25.9. The van der Waals surface area contributed by atoms with Gasteiger partial charge in [-0.2, -0.15) is 0 Å². The van der Waals surface area contributed by atoms with Gasteiger partial charge in [0.05, 0.1) is 12.2 Å². The molecule has 44 heavy (non-hydrogen) atoms. The van der Waals surface area contributed by atoms with E-state index in [0.29, 0.717) is 25.9 Å². The predicted molar refractivity (Wildman–Crippen MR) is 188 cm³/mol. The molecule has 0 aliphatic carbocycles. The fourth-order valence-electron chi connectivity index (χ4n) is 5.94. The van der Waals surface area contributed by atoms with E-state index in [-0.39, 0.29) is 24.0 Å². The lowest BCUT2D eigenvalue weighted by Gasteiger charge is -2.10. The Bertz CT molecular complexity index is 564. The van der Waals surface area contributed by atoms with Crippen LogP contribution in [0.1, 0.15) is 206 Å². The fourth-order valence-corrected chi connectivity index (χ4v) is 5.94. The number of nitrogens with one attached hydrogen (secondary N) is 2. The summed E-state index contributed by atoms with van der Waals surface area (Å²) < 4.78 is 0. The summed E-state index contributed by atoms with van der Waals surface area (Å²) >= 11 is 0. The van der Waals surface area contributed by atoms with Gasteiger partial charge in [0.2, 0.25) is 11.8 Å². The molecule has 0 saturated heterocycles. The smallest absolute Gasteiger partial charge is 0.220 e. The Kier molecular flexibility index (Phi) is 33.8. The molecule has 0 heterocycles. The first-order valence-corrected chi connectivity index (χ1v) is 19.4. The summed E-state index contributed by atoms with van der Waals surface area (Å²) in [6, 6.07) is 0. The Morgan fingerprint density at radius 1 is 0.409 bits per heavy atom. The van der Waals surface area contributed by atoms with Gasteiger partial charge in [-0.25, -0.2) is 0 Å². The van der Waals surface area contributed by atoms with E-state index in [1.54, 1.807) is 0 Å². The van der Waals surface area contributed by atoms with Gasteiger partial charge in [0.25, 0.3) is 0 Å². The molecule has 262 valence electrons. The fraction of sp³-hybridized carbons (Fsp3) is 0.947. The van der Waals surface area contributed by atoms with Crippen LogP contribution in [0.4, 0.5) is 0 Å². The lowest BCUT2D eigenvalue weighted by molar-refractivity contribution is -0.123. The second-order valence-corrected chi connectivity index (χ2v) is 13.4. The van der Waals surface area contributed by atoms with Gasteiger partial charge >= 0.3 is 0 Å². The van der Waals surface area contributed by atoms with Crippen LogP contribution in [0.2, 0.25) is 0 Å². The molecule has 4 N–H and O–H groups in total. The van der Waals surface area contributed by atoms with Crippen molar-refractivity contribution in [1.29, 1.82) is 0 Å². The molecule has 0 rings (SSSR count). The summed E-state index contributed by atoms with van der Waals surface area (Å²) in [7, 11) is 0. The molecule has 0 fully saturated rings. The van der Waals surface area contributed by atoms with E-state index >= 15 is 0 Å². The van der Waals surface area contributed by atoms with Crippen LogP contribution in [0.5, 0.6) is 0 Å². The first-order valence-electron chi connectivity index (χ1n) is 19.4. The molecule has 2 amide bonds. The van der Waals surface area contributed by atoms with Crippen LogP contribution < -0.4 is 10.6 Å². The van der Waals surface area contributed by atoms with Crippen molar-refractivity contribution in [3.63, 3.8) is 0 Å². The number of hydrogen-bond acceptors (Lipinski definition) is 4. The summed E-state index contributed by atoms with van der Waals surface area (Å²) in [5.41, 5.74) is 0. The van der Waals surface area contributed by atoms with E-state index < -0.39 is 0 Å². The normalized spacial score (nSPS) is 12.7. The zero-order valence-electron chi connectivity index (χ0n) is 29.5. The largest absolute Gasteiger partial charge is 0.393 e. The number of carbonyl (C=O) groups excluding carboxylic acids is 2. The molecule has 0 spiro atoms. The number of unbranched alkanes of at least 4 members (excludes halogenated alkanes) is 20. The van der Waals surface area contributed by atoms with E-state index in [1.807, 2.05) is 0 Å². The lowest BCUT2D eigenvalue weighted by atomic mass is 10.0. The average molecular weight is 625 g/mol. The molecule has 2 atom stereocenters. The van der Waals surface area contributed by atoms with E-state index in [4.69, 9.17) is 0 Å². The van der Waals surface area contributed by atoms with E-state index in [0.717, 1.165) is 64.2 Å². The lowest BCUT2D eigenvalue weighted by Crippen LogP contribution is -2.34. The van der Waals surface area contributed by atoms with Gasteiger partial charge < -0.3 is 20.8 Å². The molecule has 0 bridgehead atoms. The third kappa shape index (κ3) is 33.7. The Hall–Kier alpha value is -1.14. The minimum atomic E-state index is -0.0998. The first kappa shape index (κ1) is 42.9. The number of rotatable bonds is 35. The maximum absolute atomic E-state index is 12.0. The molecule has 0 aliphatic rings. The molecule has 0 aromatic heterocycles. The summed E-state index contributed by atoms with van der Waals surface area (Å²) in [4.78, 5) is 24.1. The first-order chi connectivity index (χ1) is 21.5. The van der Waals surface area contributed by atoms with Crippen LogP contribution in [0.3, 0.4) is 0 Å². The number of amides is 2. The van der Waals surface area contributed by atoms with E-state index in [1.165, 1.54) is 116 Å². The highest BCUT2D eigenvalue weighted by atomic mass is 16.3. The molecular weight excluding hydrogens is 548 g/mol. The van der Waals surface area contributed by atoms with Crippen molar-refractivity contribution in [2.45, 2.75) is 219 Å². The van der Waals surface area contributed by atoms with Gasteiger partial charge in [-0.3, -0.25) is 9.59 Å². The number of carbonyl (C=O) groups is 2. The van der Waals surface area contributed by atoms with Crippen LogP contribution in [0.25, 0.3) is 0 Å². The maximum Gasteiger partial charge on any atom is 0.220 e. The van der Waals surface area contributed by atoms with Crippen molar-refractivity contribution in [2.24, 2.45) is 0 Å². The third-order valence-corrected chi connectivity index (χ3v) is 8.93. The van der Waals surface area contributed by atoms with Gasteiger partial charge in [0.1, 0.15) is 0 Å². The van der Waals surface area contributed by atoms with Gasteiger partial charge in [-0.05, 0) is 38.5 Å². The summed E-state index contributed by atoms with van der Waals surface area (Å²) in [6.07, 6.45) is 33.4. The monoisotopic (exact) mass is 625 g/mol. The third-order valence-electron chi connectivity index (χ3n) is 8.93. The molecule has 0 aromatic carbocycles. The van der Waals surface area contributed by atoms with Gasteiger partial charge in [0.15, 0.2) is 0 Å². The Labute approximate surface area is 273 Å². The van der Waals surface area contributed by atoms with Gasteiger partial charge in [0, 0.05) is 25.9 Å². The average Bonchev–Trinajstić information content (AvgIpc) is 3.01. The second-order valence-electron chi connectivity index (χ2n) is 13.4. The highest BCUT2D eigenvalue weighted by molar-refractivity contribution is 5.77. The molecule has 0 radical (unpaired) electrons. The molecule has 0 saturated carbocycles. The Morgan fingerprint density at radius 3 is 0.955 bits per heavy atom. The molecule has 0 aromatic rings. The summed E-state index contributed by atoms with van der Waals surface area (Å²) in [5.74, 6) is 0.178. The van der Waals surface area contributed by atoms with Crippen molar-refractivity contribution < 1.29 is 19.8 Å². The van der Waals surface area contributed by atoms with Crippen molar-refractivity contribution in [3.05, 3.63) is 0 Å². The molecule has 6 nitrogen and oxygen atoms in total. The van der Waals surface area contributed by atoms with Crippen LogP contribution in [-0.4, -0.2) is 47.3 Å². The number of hydrogen-bond donors (Lipinski definition) is 4. The van der Waals surface area contributed by atoms with Crippen molar-refractivity contribution in [1.82, 2.24) is 10.6 Å². The maximum atomic E-state index is 12.0. The zero-order chi connectivity index (χ0) is 32.4. The minimum Gasteiger partial charge on any atom is -0.393 e. The molecular formula is C38H76N2O4. The van der Waals surface area contributed by atoms with Crippen LogP contribution in [-0.2, 0) is 9.59 Å². The highest BCUT2D eigenvalue weighted by Gasteiger charge is 2.06.